The van der Waals surface area contributed by atoms with Gasteiger partial charge in [-0.15, -0.1) is 0 Å². The lowest BCUT2D eigenvalue weighted by Crippen LogP contribution is -2.51. The Balaban J connectivity index is 2.17. The maximum atomic E-state index is 13.4. The zero-order valence-electron chi connectivity index (χ0n) is 11.8. The van der Waals surface area contributed by atoms with Gasteiger partial charge in [0, 0.05) is 6.54 Å². The fraction of sp³-hybridized carbons (Fsp3) is 0.538. The topological polar surface area (TPSA) is 45.2 Å². The number of likely N-dealkylation sites (tertiary alicyclic amines) is 1. The third kappa shape index (κ3) is 2.97. The molecular formula is C13H14F5N3O. The molecule has 2 rings (SSSR count). The van der Waals surface area contributed by atoms with Gasteiger partial charge in [0.15, 0.2) is 0 Å². The van der Waals surface area contributed by atoms with Crippen LogP contribution in [0.2, 0.25) is 0 Å². The molecule has 0 spiro atoms. The first-order chi connectivity index (χ1) is 10.0. The average Bonchev–Trinajstić information content (AvgIpc) is 2.67. The zero-order valence-corrected chi connectivity index (χ0v) is 11.8. The molecule has 0 aliphatic carbocycles. The minimum atomic E-state index is -4.43. The largest absolute Gasteiger partial charge is 0.394 e. The van der Waals surface area contributed by atoms with Crippen LogP contribution in [-0.2, 0) is 0 Å². The third-order valence-electron chi connectivity index (χ3n) is 3.89. The molecule has 1 saturated heterocycles. The zero-order chi connectivity index (χ0) is 16.7. The molecule has 4 nitrogen and oxygen atoms in total. The van der Waals surface area contributed by atoms with Gasteiger partial charge in [-0.3, -0.25) is 0 Å². The van der Waals surface area contributed by atoms with Gasteiger partial charge < -0.3 is 10.2 Å². The van der Waals surface area contributed by atoms with Crippen molar-refractivity contribution in [3.8, 4) is 0 Å². The molecule has 0 saturated carbocycles. The SMILES string of the molecule is CC1(C)[C@H](C(F)(F)F)CCN1C(=O)Nc1ccc(F)nc1F. The predicted molar refractivity (Wildman–Crippen MR) is 68.1 cm³/mol. The van der Waals surface area contributed by atoms with Gasteiger partial charge in [-0.05, 0) is 32.4 Å². The van der Waals surface area contributed by atoms with Crippen LogP contribution in [0.5, 0.6) is 0 Å². The number of urea groups is 1. The second-order valence-electron chi connectivity index (χ2n) is 5.59. The number of alkyl halides is 3. The lowest BCUT2D eigenvalue weighted by atomic mass is 9.88. The van der Waals surface area contributed by atoms with E-state index in [1.54, 1.807) is 0 Å². The predicted octanol–water partition coefficient (Wildman–Crippen LogP) is 3.55. The van der Waals surface area contributed by atoms with Gasteiger partial charge in [0.2, 0.25) is 11.9 Å². The van der Waals surface area contributed by atoms with Crippen LogP contribution in [0.25, 0.3) is 0 Å². The van der Waals surface area contributed by atoms with E-state index in [0.717, 1.165) is 17.0 Å². The Bertz CT molecular complexity index is 588. The molecule has 1 fully saturated rings. The number of hydrogen-bond acceptors (Lipinski definition) is 2. The number of carbonyl (C=O) groups is 1. The van der Waals surface area contributed by atoms with Crippen molar-refractivity contribution in [3.05, 3.63) is 24.0 Å². The summed E-state index contributed by atoms with van der Waals surface area (Å²) in [5.74, 6) is -3.96. The Kier molecular flexibility index (Phi) is 4.01. The monoisotopic (exact) mass is 323 g/mol. The van der Waals surface area contributed by atoms with E-state index >= 15 is 0 Å². The number of aromatic nitrogens is 1. The molecule has 2 heterocycles. The van der Waals surface area contributed by atoms with Gasteiger partial charge in [-0.25, -0.2) is 4.79 Å². The van der Waals surface area contributed by atoms with Crippen molar-refractivity contribution < 1.29 is 26.7 Å². The summed E-state index contributed by atoms with van der Waals surface area (Å²) < 4.78 is 65.0. The molecule has 1 aliphatic heterocycles. The normalized spacial score (nSPS) is 21.0. The van der Waals surface area contributed by atoms with E-state index in [0.29, 0.717) is 0 Å². The first kappa shape index (κ1) is 16.4. The second kappa shape index (κ2) is 5.36. The van der Waals surface area contributed by atoms with Crippen molar-refractivity contribution in [2.24, 2.45) is 5.92 Å². The number of hydrogen-bond donors (Lipinski definition) is 1. The maximum Gasteiger partial charge on any atom is 0.394 e. The molecule has 2 amide bonds. The van der Waals surface area contributed by atoms with Crippen molar-refractivity contribution in [2.45, 2.75) is 32.0 Å². The van der Waals surface area contributed by atoms with Crippen LogP contribution in [0.3, 0.4) is 0 Å². The Labute approximate surface area is 123 Å². The molecule has 1 atom stereocenters. The smallest absolute Gasteiger partial charge is 0.319 e. The Morgan fingerprint density at radius 1 is 1.36 bits per heavy atom. The standard InChI is InChI=1S/C13H14F5N3O/c1-12(2)8(13(16,17)18)5-6-21(12)11(22)19-7-3-4-9(14)20-10(7)15/h3-4,8H,5-6H2,1-2H3,(H,19,22)/t8-/m1/s1. The van der Waals surface area contributed by atoms with Crippen LogP contribution < -0.4 is 5.32 Å². The van der Waals surface area contributed by atoms with E-state index in [2.05, 4.69) is 10.3 Å². The first-order valence-corrected chi connectivity index (χ1v) is 6.51. The van der Waals surface area contributed by atoms with Crippen molar-refractivity contribution >= 4 is 11.7 Å². The fourth-order valence-corrected chi connectivity index (χ4v) is 2.70. The number of nitrogens with one attached hydrogen (secondary N) is 1. The summed E-state index contributed by atoms with van der Waals surface area (Å²) >= 11 is 0. The number of amides is 2. The minimum absolute atomic E-state index is 0.112. The highest BCUT2D eigenvalue weighted by molar-refractivity contribution is 5.90. The van der Waals surface area contributed by atoms with Crippen LogP contribution in [0.1, 0.15) is 20.3 Å². The Hall–Kier alpha value is -1.93. The highest BCUT2D eigenvalue weighted by Crippen LogP contribution is 2.44. The molecule has 22 heavy (non-hydrogen) atoms. The number of nitrogens with zero attached hydrogens (tertiary/aromatic N) is 2. The maximum absolute atomic E-state index is 13.4. The summed E-state index contributed by atoms with van der Waals surface area (Å²) in [4.78, 5) is 16.0. The van der Waals surface area contributed by atoms with Crippen LogP contribution in [0.15, 0.2) is 12.1 Å². The molecule has 1 aliphatic rings. The molecule has 1 aromatic rings. The molecule has 9 heteroatoms. The highest BCUT2D eigenvalue weighted by atomic mass is 19.4. The van der Waals surface area contributed by atoms with Crippen LogP contribution in [0, 0.1) is 17.8 Å². The van der Waals surface area contributed by atoms with E-state index in [4.69, 9.17) is 0 Å². The number of anilines is 1. The summed E-state index contributed by atoms with van der Waals surface area (Å²) in [6.45, 7) is 2.49. The number of halogens is 5. The second-order valence-corrected chi connectivity index (χ2v) is 5.59. The lowest BCUT2D eigenvalue weighted by Gasteiger charge is -2.36. The highest BCUT2D eigenvalue weighted by Gasteiger charge is 2.56. The van der Waals surface area contributed by atoms with Crippen molar-refractivity contribution in [1.29, 1.82) is 0 Å². The van der Waals surface area contributed by atoms with Gasteiger partial charge in [0.1, 0.15) is 0 Å². The third-order valence-corrected chi connectivity index (χ3v) is 3.89. The fourth-order valence-electron chi connectivity index (χ4n) is 2.70. The Morgan fingerprint density at radius 3 is 2.50 bits per heavy atom. The lowest BCUT2D eigenvalue weighted by molar-refractivity contribution is -0.189. The van der Waals surface area contributed by atoms with Gasteiger partial charge in [0.05, 0.1) is 17.1 Å². The summed E-state index contributed by atoms with van der Waals surface area (Å²) in [6.07, 6.45) is -4.66. The van der Waals surface area contributed by atoms with E-state index in [1.807, 2.05) is 0 Å². The van der Waals surface area contributed by atoms with Crippen LogP contribution in [-0.4, -0.2) is 34.2 Å². The summed E-state index contributed by atoms with van der Waals surface area (Å²) in [6, 6.07) is 0.913. The van der Waals surface area contributed by atoms with Crippen molar-refractivity contribution in [3.63, 3.8) is 0 Å². The number of rotatable bonds is 1. The first-order valence-electron chi connectivity index (χ1n) is 6.51. The van der Waals surface area contributed by atoms with E-state index in [-0.39, 0.29) is 13.0 Å². The minimum Gasteiger partial charge on any atom is -0.319 e. The van der Waals surface area contributed by atoms with Gasteiger partial charge in [-0.1, -0.05) is 0 Å². The average molecular weight is 323 g/mol. The molecule has 122 valence electrons. The van der Waals surface area contributed by atoms with Crippen molar-refractivity contribution in [2.75, 3.05) is 11.9 Å². The van der Waals surface area contributed by atoms with E-state index in [9.17, 15) is 26.7 Å². The van der Waals surface area contributed by atoms with E-state index in [1.165, 1.54) is 13.8 Å². The molecule has 0 radical (unpaired) electrons. The van der Waals surface area contributed by atoms with Crippen LogP contribution in [0.4, 0.5) is 32.4 Å². The van der Waals surface area contributed by atoms with Gasteiger partial charge in [0.25, 0.3) is 0 Å². The number of carbonyl (C=O) groups excluding carboxylic acids is 1. The summed E-state index contributed by atoms with van der Waals surface area (Å²) in [5.41, 5.74) is -1.86. The molecular weight excluding hydrogens is 309 g/mol. The summed E-state index contributed by atoms with van der Waals surface area (Å²) in [5, 5.41) is 2.12. The Morgan fingerprint density at radius 2 is 2.00 bits per heavy atom. The molecule has 0 unspecified atom stereocenters. The van der Waals surface area contributed by atoms with Crippen LogP contribution >= 0.6 is 0 Å². The molecule has 1 N–H and O–H groups in total. The van der Waals surface area contributed by atoms with Gasteiger partial charge in [-0.2, -0.15) is 26.9 Å². The quantitative estimate of drug-likeness (QED) is 0.634. The van der Waals surface area contributed by atoms with E-state index < -0.39 is 41.2 Å². The van der Waals surface area contributed by atoms with Gasteiger partial charge >= 0.3 is 12.2 Å². The molecule has 0 aromatic carbocycles. The summed E-state index contributed by atoms with van der Waals surface area (Å²) in [7, 11) is 0. The molecule has 1 aromatic heterocycles. The molecule has 0 bridgehead atoms. The number of pyridine rings is 1. The van der Waals surface area contributed by atoms with Crippen molar-refractivity contribution in [1.82, 2.24) is 9.88 Å².